The number of nitrogens with zero attached hydrogens (tertiary/aromatic N) is 2. The van der Waals surface area contributed by atoms with Gasteiger partial charge in [0.1, 0.15) is 6.54 Å². The van der Waals surface area contributed by atoms with Crippen molar-refractivity contribution in [3.8, 4) is 0 Å². The highest BCUT2D eigenvalue weighted by Crippen LogP contribution is 2.31. The van der Waals surface area contributed by atoms with Gasteiger partial charge in [0.05, 0.1) is 4.90 Å². The van der Waals surface area contributed by atoms with E-state index in [1.54, 1.807) is 13.8 Å². The Bertz CT molecular complexity index is 773. The Morgan fingerprint density at radius 1 is 1.35 bits per heavy atom. The molecule has 0 radical (unpaired) electrons. The van der Waals surface area contributed by atoms with E-state index in [1.807, 2.05) is 0 Å². The molecule has 1 fully saturated rings. The maximum atomic E-state index is 12.5. The Labute approximate surface area is 160 Å². The van der Waals surface area contributed by atoms with Gasteiger partial charge < -0.3 is 15.6 Å². The van der Waals surface area contributed by atoms with E-state index in [1.165, 1.54) is 22.6 Å². The first-order valence-electron chi connectivity index (χ1n) is 8.52. The molecule has 1 atom stereocenters. The van der Waals surface area contributed by atoms with E-state index < -0.39 is 15.6 Å². The first-order chi connectivity index (χ1) is 11.8. The predicted octanol–water partition coefficient (Wildman–Crippen LogP) is 0.154. The summed E-state index contributed by atoms with van der Waals surface area (Å²) in [5, 5.41) is 2.70. The average Bonchev–Trinajstić information content (AvgIpc) is 3.40. The lowest BCUT2D eigenvalue weighted by atomic mass is 10.2. The number of hydrogen-bond donors (Lipinski definition) is 2. The molecule has 1 saturated carbocycles. The molecule has 0 spiro atoms. The molecule has 26 heavy (non-hydrogen) atoms. The van der Waals surface area contributed by atoms with Crippen LogP contribution in [0, 0.1) is 5.92 Å². The van der Waals surface area contributed by atoms with Gasteiger partial charge in [0.25, 0.3) is 5.56 Å². The summed E-state index contributed by atoms with van der Waals surface area (Å²) in [6.45, 7) is 4.27. The highest BCUT2D eigenvalue weighted by atomic mass is 35.5. The van der Waals surface area contributed by atoms with Gasteiger partial charge in [0, 0.05) is 37.9 Å². The van der Waals surface area contributed by atoms with Crippen molar-refractivity contribution in [2.75, 3.05) is 19.6 Å². The SMILES string of the molecule is CCN(CC)S(=O)(=O)c1ccc(=O)n(CC(=O)NCC(N)C2CC2)c1.Cl. The fraction of sp³-hybridized carbons (Fsp3) is 0.625. The van der Waals surface area contributed by atoms with Crippen LogP contribution in [0.5, 0.6) is 0 Å². The zero-order valence-electron chi connectivity index (χ0n) is 15.1. The van der Waals surface area contributed by atoms with E-state index in [-0.39, 0.29) is 35.8 Å². The van der Waals surface area contributed by atoms with Gasteiger partial charge in [-0.2, -0.15) is 4.31 Å². The van der Waals surface area contributed by atoms with E-state index in [2.05, 4.69) is 5.32 Å². The minimum absolute atomic E-state index is 0. The summed E-state index contributed by atoms with van der Waals surface area (Å²) in [5.74, 6) is 0.0983. The molecular weight excluding hydrogens is 380 g/mol. The fourth-order valence-corrected chi connectivity index (χ4v) is 4.11. The molecule has 1 aliphatic rings. The van der Waals surface area contributed by atoms with Crippen LogP contribution in [0.3, 0.4) is 0 Å². The second kappa shape index (κ2) is 9.50. The van der Waals surface area contributed by atoms with Gasteiger partial charge in [-0.1, -0.05) is 13.8 Å². The largest absolute Gasteiger partial charge is 0.353 e. The topological polar surface area (TPSA) is 114 Å². The zero-order valence-corrected chi connectivity index (χ0v) is 16.7. The third kappa shape index (κ3) is 5.54. The van der Waals surface area contributed by atoms with Crippen LogP contribution in [0.15, 0.2) is 28.0 Å². The monoisotopic (exact) mass is 406 g/mol. The lowest BCUT2D eigenvalue weighted by Gasteiger charge is -2.19. The number of carbonyl (C=O) groups excluding carboxylic acids is 1. The summed E-state index contributed by atoms with van der Waals surface area (Å²) in [5.41, 5.74) is 5.50. The molecule has 148 valence electrons. The molecule has 1 aliphatic carbocycles. The number of amides is 1. The molecule has 1 amide bonds. The lowest BCUT2D eigenvalue weighted by molar-refractivity contribution is -0.121. The van der Waals surface area contributed by atoms with Crippen LogP contribution in [0.2, 0.25) is 0 Å². The van der Waals surface area contributed by atoms with Crippen molar-refractivity contribution in [2.24, 2.45) is 11.7 Å². The van der Waals surface area contributed by atoms with E-state index in [9.17, 15) is 18.0 Å². The van der Waals surface area contributed by atoms with Crippen LogP contribution in [0.25, 0.3) is 0 Å². The number of nitrogens with one attached hydrogen (secondary N) is 1. The van der Waals surface area contributed by atoms with Gasteiger partial charge in [-0.3, -0.25) is 9.59 Å². The van der Waals surface area contributed by atoms with Crippen molar-refractivity contribution in [2.45, 2.75) is 44.2 Å². The number of nitrogens with two attached hydrogens (primary N) is 1. The van der Waals surface area contributed by atoms with Crippen LogP contribution in [-0.2, 0) is 21.4 Å². The van der Waals surface area contributed by atoms with Gasteiger partial charge >= 0.3 is 0 Å². The van der Waals surface area contributed by atoms with Crippen molar-refractivity contribution in [3.63, 3.8) is 0 Å². The number of halogens is 1. The molecule has 2 rings (SSSR count). The number of hydrogen-bond acceptors (Lipinski definition) is 5. The minimum atomic E-state index is -3.68. The Kier molecular flexibility index (Phi) is 8.26. The smallest absolute Gasteiger partial charge is 0.251 e. The summed E-state index contributed by atoms with van der Waals surface area (Å²) in [6.07, 6.45) is 3.39. The Balaban J connectivity index is 0.00000338. The Hall–Kier alpha value is -1.42. The molecule has 1 heterocycles. The Morgan fingerprint density at radius 3 is 2.50 bits per heavy atom. The summed E-state index contributed by atoms with van der Waals surface area (Å²) >= 11 is 0. The zero-order chi connectivity index (χ0) is 18.6. The molecule has 3 N–H and O–H groups in total. The second-order valence-electron chi connectivity index (χ2n) is 6.23. The number of rotatable bonds is 9. The van der Waals surface area contributed by atoms with Crippen molar-refractivity contribution >= 4 is 28.3 Å². The van der Waals surface area contributed by atoms with Crippen LogP contribution in [0.4, 0.5) is 0 Å². The molecule has 1 unspecified atom stereocenters. The van der Waals surface area contributed by atoms with Crippen molar-refractivity contribution in [1.29, 1.82) is 0 Å². The number of pyridine rings is 1. The van der Waals surface area contributed by atoms with Gasteiger partial charge in [0.2, 0.25) is 15.9 Å². The van der Waals surface area contributed by atoms with E-state index in [4.69, 9.17) is 5.73 Å². The van der Waals surface area contributed by atoms with E-state index >= 15 is 0 Å². The van der Waals surface area contributed by atoms with Crippen LogP contribution >= 0.6 is 12.4 Å². The summed E-state index contributed by atoms with van der Waals surface area (Å²) in [7, 11) is -3.68. The highest BCUT2D eigenvalue weighted by Gasteiger charge is 2.28. The molecule has 0 aromatic carbocycles. The van der Waals surface area contributed by atoms with Crippen LogP contribution in [0.1, 0.15) is 26.7 Å². The molecule has 10 heteroatoms. The standard InChI is InChI=1S/C16H26N4O4S.ClH/c1-3-20(4-2)25(23,24)13-7-8-16(22)19(10-13)11-15(21)18-9-14(17)12-5-6-12;/h7-8,10,12,14H,3-6,9,11,17H2,1-2H3,(H,18,21);1H. The fourth-order valence-electron chi connectivity index (χ4n) is 2.63. The molecule has 0 bridgehead atoms. The first-order valence-corrected chi connectivity index (χ1v) is 9.96. The first kappa shape index (κ1) is 22.6. The Morgan fingerprint density at radius 2 is 1.96 bits per heavy atom. The van der Waals surface area contributed by atoms with Crippen molar-refractivity contribution in [3.05, 3.63) is 28.7 Å². The summed E-state index contributed by atoms with van der Waals surface area (Å²) < 4.78 is 27.5. The highest BCUT2D eigenvalue weighted by molar-refractivity contribution is 7.89. The molecule has 0 saturated heterocycles. The second-order valence-corrected chi connectivity index (χ2v) is 8.16. The van der Waals surface area contributed by atoms with Crippen molar-refractivity contribution < 1.29 is 13.2 Å². The third-order valence-electron chi connectivity index (χ3n) is 4.38. The average molecular weight is 407 g/mol. The molecular formula is C16H27ClN4O4S. The molecule has 0 aliphatic heterocycles. The lowest BCUT2D eigenvalue weighted by Crippen LogP contribution is -2.41. The molecule has 1 aromatic rings. The van der Waals surface area contributed by atoms with Crippen LogP contribution in [-0.4, -0.2) is 48.9 Å². The number of carbonyl (C=O) groups is 1. The summed E-state index contributed by atoms with van der Waals surface area (Å²) in [4.78, 5) is 24.0. The maximum absolute atomic E-state index is 12.5. The van der Waals surface area contributed by atoms with Gasteiger partial charge in [-0.15, -0.1) is 12.4 Å². The minimum Gasteiger partial charge on any atom is -0.353 e. The third-order valence-corrected chi connectivity index (χ3v) is 6.41. The van der Waals surface area contributed by atoms with Gasteiger partial charge in [-0.25, -0.2) is 8.42 Å². The number of aromatic nitrogens is 1. The molecule has 8 nitrogen and oxygen atoms in total. The molecule has 1 aromatic heterocycles. The normalized spacial score (nSPS) is 15.4. The van der Waals surface area contributed by atoms with E-state index in [0.717, 1.165) is 17.4 Å². The predicted molar refractivity (Wildman–Crippen MR) is 102 cm³/mol. The van der Waals surface area contributed by atoms with Gasteiger partial charge in [-0.05, 0) is 24.8 Å². The van der Waals surface area contributed by atoms with E-state index in [0.29, 0.717) is 25.6 Å². The number of sulfonamides is 1. The quantitative estimate of drug-likeness (QED) is 0.606. The van der Waals surface area contributed by atoms with Gasteiger partial charge in [0.15, 0.2) is 0 Å². The van der Waals surface area contributed by atoms with Crippen molar-refractivity contribution in [1.82, 2.24) is 14.2 Å². The van der Waals surface area contributed by atoms with Crippen LogP contribution < -0.4 is 16.6 Å². The summed E-state index contributed by atoms with van der Waals surface area (Å²) in [6, 6.07) is 2.36. The maximum Gasteiger partial charge on any atom is 0.251 e.